The van der Waals surface area contributed by atoms with Crippen LogP contribution >= 0.6 is 0 Å². The minimum Gasteiger partial charge on any atom is -0.310 e. The Labute approximate surface area is 108 Å². The van der Waals surface area contributed by atoms with Crippen molar-refractivity contribution >= 4 is 9.84 Å². The lowest BCUT2D eigenvalue weighted by Gasteiger charge is -2.02. The van der Waals surface area contributed by atoms with E-state index in [1.54, 1.807) is 6.92 Å². The van der Waals surface area contributed by atoms with E-state index >= 15 is 0 Å². The van der Waals surface area contributed by atoms with Crippen LogP contribution in [0.15, 0.2) is 12.4 Å². The van der Waals surface area contributed by atoms with Gasteiger partial charge in [-0.05, 0) is 19.3 Å². The summed E-state index contributed by atoms with van der Waals surface area (Å²) >= 11 is 0. The van der Waals surface area contributed by atoms with Gasteiger partial charge < -0.3 is 5.32 Å². The van der Waals surface area contributed by atoms with Crippen LogP contribution in [0.3, 0.4) is 0 Å². The van der Waals surface area contributed by atoms with E-state index in [4.69, 9.17) is 0 Å². The quantitative estimate of drug-likeness (QED) is 0.765. The van der Waals surface area contributed by atoms with Crippen LogP contribution in [0, 0.1) is 0 Å². The van der Waals surface area contributed by atoms with Gasteiger partial charge in [-0.3, -0.25) is 4.68 Å². The van der Waals surface area contributed by atoms with E-state index in [-0.39, 0.29) is 11.5 Å². The fraction of sp³-hybridized carbons (Fsp3) is 0.750. The van der Waals surface area contributed by atoms with Crippen LogP contribution in [-0.4, -0.2) is 35.7 Å². The van der Waals surface area contributed by atoms with Crippen LogP contribution in [0.1, 0.15) is 31.7 Å². The summed E-state index contributed by atoms with van der Waals surface area (Å²) in [6, 6.07) is 0.697. The zero-order valence-corrected chi connectivity index (χ0v) is 11.6. The lowest BCUT2D eigenvalue weighted by atomic mass is 10.3. The Morgan fingerprint density at radius 3 is 2.94 bits per heavy atom. The number of hydrogen-bond donors (Lipinski definition) is 1. The maximum Gasteiger partial charge on any atom is 0.150 e. The molecule has 0 spiro atoms. The molecule has 0 saturated heterocycles. The van der Waals surface area contributed by atoms with Gasteiger partial charge in [0.15, 0.2) is 0 Å². The fourth-order valence-corrected chi connectivity index (χ4v) is 2.62. The van der Waals surface area contributed by atoms with Crippen molar-refractivity contribution in [3.8, 4) is 0 Å². The van der Waals surface area contributed by atoms with Crippen LogP contribution in [0.25, 0.3) is 0 Å². The molecule has 1 N–H and O–H groups in total. The van der Waals surface area contributed by atoms with Crippen LogP contribution in [0.4, 0.5) is 0 Å². The molecule has 1 aromatic rings. The summed E-state index contributed by atoms with van der Waals surface area (Å²) in [7, 11) is -2.85. The van der Waals surface area contributed by atoms with Crippen molar-refractivity contribution in [3.63, 3.8) is 0 Å². The van der Waals surface area contributed by atoms with Crippen molar-refractivity contribution in [3.05, 3.63) is 18.0 Å². The maximum absolute atomic E-state index is 11.3. The van der Waals surface area contributed by atoms with Crippen LogP contribution in [0.2, 0.25) is 0 Å². The Kier molecular flexibility index (Phi) is 4.40. The molecule has 0 aliphatic heterocycles. The van der Waals surface area contributed by atoms with Gasteiger partial charge in [0.25, 0.3) is 0 Å². The molecule has 6 heteroatoms. The highest BCUT2D eigenvalue weighted by molar-refractivity contribution is 7.91. The predicted octanol–water partition coefficient (Wildman–Crippen LogP) is 0.960. The van der Waals surface area contributed by atoms with Gasteiger partial charge >= 0.3 is 0 Å². The molecule has 0 aromatic carbocycles. The fourth-order valence-electron chi connectivity index (χ4n) is 1.76. The molecule has 1 aromatic heterocycles. The van der Waals surface area contributed by atoms with Gasteiger partial charge in [0.2, 0.25) is 0 Å². The molecule has 0 radical (unpaired) electrons. The second-order valence-electron chi connectivity index (χ2n) is 4.86. The first kappa shape index (κ1) is 13.5. The van der Waals surface area contributed by atoms with Gasteiger partial charge in [-0.15, -0.1) is 0 Å². The summed E-state index contributed by atoms with van der Waals surface area (Å²) in [6.07, 6.45) is 7.04. The molecule has 0 unspecified atom stereocenters. The zero-order valence-electron chi connectivity index (χ0n) is 10.8. The Hall–Kier alpha value is -0.880. The normalized spacial score (nSPS) is 16.1. The van der Waals surface area contributed by atoms with Gasteiger partial charge in [0, 0.05) is 36.6 Å². The first-order chi connectivity index (χ1) is 8.59. The average Bonchev–Trinajstić information content (AvgIpc) is 3.07. The average molecular weight is 271 g/mol. The molecule has 2 rings (SSSR count). The van der Waals surface area contributed by atoms with Gasteiger partial charge in [-0.2, -0.15) is 5.10 Å². The number of nitrogens with zero attached hydrogens (tertiary/aromatic N) is 2. The molecule has 0 amide bonds. The molecule has 1 saturated carbocycles. The van der Waals surface area contributed by atoms with E-state index in [9.17, 15) is 8.42 Å². The molecule has 5 nitrogen and oxygen atoms in total. The molecular formula is C12H21N3O2S. The molecule has 0 atom stereocenters. The van der Waals surface area contributed by atoms with Crippen molar-refractivity contribution in [1.29, 1.82) is 0 Å². The number of rotatable bonds is 8. The Morgan fingerprint density at radius 1 is 1.50 bits per heavy atom. The van der Waals surface area contributed by atoms with Crippen LogP contribution in [-0.2, 0) is 22.9 Å². The van der Waals surface area contributed by atoms with E-state index in [2.05, 4.69) is 10.4 Å². The predicted molar refractivity (Wildman–Crippen MR) is 71.0 cm³/mol. The smallest absolute Gasteiger partial charge is 0.150 e. The second kappa shape index (κ2) is 5.84. The molecule has 1 aliphatic rings. The van der Waals surface area contributed by atoms with E-state index in [1.807, 2.05) is 17.1 Å². The van der Waals surface area contributed by atoms with E-state index < -0.39 is 9.84 Å². The van der Waals surface area contributed by atoms with Crippen LogP contribution in [0.5, 0.6) is 0 Å². The van der Waals surface area contributed by atoms with E-state index in [0.29, 0.717) is 19.0 Å². The number of hydrogen-bond acceptors (Lipinski definition) is 4. The Morgan fingerprint density at radius 2 is 2.28 bits per heavy atom. The highest BCUT2D eigenvalue weighted by Gasteiger charge is 2.20. The highest BCUT2D eigenvalue weighted by Crippen LogP contribution is 2.19. The summed E-state index contributed by atoms with van der Waals surface area (Å²) in [5, 5.41) is 7.67. The number of aromatic nitrogens is 2. The monoisotopic (exact) mass is 271 g/mol. The van der Waals surface area contributed by atoms with Gasteiger partial charge in [0.05, 0.1) is 11.9 Å². The minimum atomic E-state index is -2.85. The summed E-state index contributed by atoms with van der Waals surface area (Å²) < 4.78 is 24.5. The first-order valence-corrected chi connectivity index (χ1v) is 8.36. The van der Waals surface area contributed by atoms with E-state index in [0.717, 1.165) is 6.54 Å². The third kappa shape index (κ3) is 4.42. The Bertz CT molecular complexity index is 477. The zero-order chi connectivity index (χ0) is 13.0. The highest BCUT2D eigenvalue weighted by atomic mass is 32.2. The summed E-state index contributed by atoms with van der Waals surface area (Å²) in [5.74, 6) is 0.474. The van der Waals surface area contributed by atoms with Gasteiger partial charge in [-0.25, -0.2) is 8.42 Å². The van der Waals surface area contributed by atoms with Gasteiger partial charge in [-0.1, -0.05) is 6.92 Å². The summed E-state index contributed by atoms with van der Waals surface area (Å²) in [5.41, 5.74) is 1.17. The lowest BCUT2D eigenvalue weighted by molar-refractivity contribution is 0.573. The van der Waals surface area contributed by atoms with Crippen molar-refractivity contribution in [1.82, 2.24) is 15.1 Å². The molecule has 102 valence electrons. The van der Waals surface area contributed by atoms with Gasteiger partial charge in [0.1, 0.15) is 9.84 Å². The SMILES string of the molecule is CCS(=O)(=O)CCCn1cc(CNC2CC2)cn1. The number of sulfone groups is 1. The molecule has 1 heterocycles. The maximum atomic E-state index is 11.3. The van der Waals surface area contributed by atoms with Crippen molar-refractivity contribution < 1.29 is 8.42 Å². The molecule has 0 bridgehead atoms. The van der Waals surface area contributed by atoms with Crippen LogP contribution < -0.4 is 5.32 Å². The molecule has 18 heavy (non-hydrogen) atoms. The topological polar surface area (TPSA) is 64.0 Å². The molecular weight excluding hydrogens is 250 g/mol. The first-order valence-electron chi connectivity index (χ1n) is 6.54. The third-order valence-electron chi connectivity index (χ3n) is 3.14. The summed E-state index contributed by atoms with van der Waals surface area (Å²) in [4.78, 5) is 0. The van der Waals surface area contributed by atoms with Crippen molar-refractivity contribution in [2.24, 2.45) is 0 Å². The number of aryl methyl sites for hydroxylation is 1. The lowest BCUT2D eigenvalue weighted by Crippen LogP contribution is -2.14. The number of nitrogens with one attached hydrogen (secondary N) is 1. The van der Waals surface area contributed by atoms with E-state index in [1.165, 1.54) is 18.4 Å². The molecule has 1 aliphatic carbocycles. The standard InChI is InChI=1S/C12H21N3O2S/c1-2-18(16,17)7-3-6-15-10-11(9-14-15)8-13-12-4-5-12/h9-10,12-13H,2-8H2,1H3. The van der Waals surface area contributed by atoms with Crippen molar-refractivity contribution in [2.45, 2.75) is 45.3 Å². The van der Waals surface area contributed by atoms with Crippen molar-refractivity contribution in [2.75, 3.05) is 11.5 Å². The largest absolute Gasteiger partial charge is 0.310 e. The second-order valence-corrected chi connectivity index (χ2v) is 7.33. The minimum absolute atomic E-state index is 0.225. The summed E-state index contributed by atoms with van der Waals surface area (Å²) in [6.45, 7) is 3.21. The third-order valence-corrected chi connectivity index (χ3v) is 4.93. The Balaban J connectivity index is 1.72. The molecule has 1 fully saturated rings.